The highest BCUT2D eigenvalue weighted by molar-refractivity contribution is 9.10. The lowest BCUT2D eigenvalue weighted by Crippen LogP contribution is -2.08. The second-order valence-corrected chi connectivity index (χ2v) is 7.49. The number of halogens is 1. The Bertz CT molecular complexity index is 1060. The Balaban J connectivity index is 1.73. The van der Waals surface area contributed by atoms with Crippen LogP contribution < -0.4 is 14.8 Å². The molecule has 162 valence electrons. The second kappa shape index (κ2) is 10.8. The van der Waals surface area contributed by atoms with Crippen molar-refractivity contribution in [3.8, 4) is 22.9 Å². The van der Waals surface area contributed by atoms with Gasteiger partial charge in [-0.1, -0.05) is 28.1 Å². The predicted octanol–water partition coefficient (Wildman–Crippen LogP) is 5.06. The molecule has 1 heterocycles. The van der Waals surface area contributed by atoms with E-state index in [2.05, 4.69) is 31.2 Å². The zero-order chi connectivity index (χ0) is 22.2. The van der Waals surface area contributed by atoms with E-state index in [0.717, 1.165) is 22.2 Å². The maximum absolute atomic E-state index is 11.4. The molecule has 8 heteroatoms. The highest BCUT2D eigenvalue weighted by atomic mass is 79.9. The Hall–Kier alpha value is -3.13. The highest BCUT2D eigenvalue weighted by Gasteiger charge is 2.14. The van der Waals surface area contributed by atoms with Gasteiger partial charge in [-0.15, -0.1) is 0 Å². The van der Waals surface area contributed by atoms with Crippen molar-refractivity contribution < 1.29 is 19.4 Å². The molecule has 31 heavy (non-hydrogen) atoms. The van der Waals surface area contributed by atoms with E-state index >= 15 is 0 Å². The number of nitrogens with zero attached hydrogens (tertiary/aromatic N) is 2. The van der Waals surface area contributed by atoms with Gasteiger partial charge in [-0.2, -0.15) is 0 Å². The predicted molar refractivity (Wildman–Crippen MR) is 123 cm³/mol. The van der Waals surface area contributed by atoms with Gasteiger partial charge < -0.3 is 19.9 Å². The largest absolute Gasteiger partial charge is 0.494 e. The standard InChI is InChI=1S/C23H24BrN3O4/c1-3-30-19-14-17(24)7-5-15(19)9-11-25-21-10-12-26-22(27-21)16-6-8-18(23(28)29)20(13-16)31-4-2/h5-8,10,12-14H,3-4,9,11H2,1-2H3,(H,28,29)(H,25,26,27). The zero-order valence-corrected chi connectivity index (χ0v) is 19.0. The molecule has 0 aliphatic carbocycles. The number of hydrogen-bond acceptors (Lipinski definition) is 6. The van der Waals surface area contributed by atoms with Crippen LogP contribution in [-0.4, -0.2) is 40.8 Å². The quantitative estimate of drug-likeness (QED) is 0.414. The summed E-state index contributed by atoms with van der Waals surface area (Å²) in [6.07, 6.45) is 2.44. The van der Waals surface area contributed by atoms with Crippen LogP contribution in [-0.2, 0) is 6.42 Å². The first-order valence-electron chi connectivity index (χ1n) is 10.0. The van der Waals surface area contributed by atoms with Gasteiger partial charge in [0.2, 0.25) is 0 Å². The molecule has 2 N–H and O–H groups in total. The fraction of sp³-hybridized carbons (Fsp3) is 0.261. The van der Waals surface area contributed by atoms with E-state index in [-0.39, 0.29) is 5.56 Å². The molecule has 1 aromatic heterocycles. The minimum Gasteiger partial charge on any atom is -0.494 e. The number of ether oxygens (including phenoxy) is 2. The van der Waals surface area contributed by atoms with E-state index in [0.29, 0.717) is 42.7 Å². The monoisotopic (exact) mass is 485 g/mol. The zero-order valence-electron chi connectivity index (χ0n) is 17.4. The number of rotatable bonds is 10. The molecular weight excluding hydrogens is 462 g/mol. The number of carboxylic acids is 1. The van der Waals surface area contributed by atoms with E-state index < -0.39 is 5.97 Å². The molecule has 0 amide bonds. The van der Waals surface area contributed by atoms with Crippen molar-refractivity contribution in [1.82, 2.24) is 9.97 Å². The van der Waals surface area contributed by atoms with E-state index in [1.165, 1.54) is 6.07 Å². The third-order valence-corrected chi connectivity index (χ3v) is 4.95. The average molecular weight is 486 g/mol. The lowest BCUT2D eigenvalue weighted by Gasteiger charge is -2.12. The number of aromatic carboxylic acids is 1. The van der Waals surface area contributed by atoms with Crippen LogP contribution in [0.5, 0.6) is 11.5 Å². The minimum atomic E-state index is -1.04. The number of carbonyl (C=O) groups is 1. The maximum Gasteiger partial charge on any atom is 0.339 e. The van der Waals surface area contributed by atoms with Gasteiger partial charge in [0.05, 0.1) is 13.2 Å². The number of carboxylic acid groups (broad SMARTS) is 1. The number of aromatic nitrogens is 2. The Morgan fingerprint density at radius 1 is 1.06 bits per heavy atom. The van der Waals surface area contributed by atoms with Crippen LogP contribution in [0.1, 0.15) is 29.8 Å². The topological polar surface area (TPSA) is 93.6 Å². The van der Waals surface area contributed by atoms with Crippen LogP contribution in [0, 0.1) is 0 Å². The lowest BCUT2D eigenvalue weighted by atomic mass is 10.1. The van der Waals surface area contributed by atoms with Crippen LogP contribution in [0.3, 0.4) is 0 Å². The molecule has 0 saturated heterocycles. The molecule has 2 aromatic carbocycles. The van der Waals surface area contributed by atoms with E-state index in [1.807, 2.05) is 32.0 Å². The number of hydrogen-bond donors (Lipinski definition) is 2. The Morgan fingerprint density at radius 3 is 2.58 bits per heavy atom. The molecule has 0 fully saturated rings. The fourth-order valence-corrected chi connectivity index (χ4v) is 3.40. The SMILES string of the molecule is CCOc1cc(Br)ccc1CCNc1ccnc(-c2ccc(C(=O)O)c(OCC)c2)n1. The van der Waals surface area contributed by atoms with E-state index in [4.69, 9.17) is 9.47 Å². The van der Waals surface area contributed by atoms with Crippen molar-refractivity contribution in [2.75, 3.05) is 25.1 Å². The van der Waals surface area contributed by atoms with Crippen molar-refractivity contribution >= 4 is 27.7 Å². The molecule has 0 saturated carbocycles. The van der Waals surface area contributed by atoms with Gasteiger partial charge in [0.25, 0.3) is 0 Å². The van der Waals surface area contributed by atoms with Gasteiger partial charge in [-0.05, 0) is 56.2 Å². The summed E-state index contributed by atoms with van der Waals surface area (Å²) in [6, 6.07) is 12.7. The van der Waals surface area contributed by atoms with Crippen molar-refractivity contribution in [2.24, 2.45) is 0 Å². The molecular formula is C23H24BrN3O4. The minimum absolute atomic E-state index is 0.111. The van der Waals surface area contributed by atoms with E-state index in [9.17, 15) is 9.90 Å². The summed E-state index contributed by atoms with van der Waals surface area (Å²) in [5, 5.41) is 12.6. The molecule has 0 spiro atoms. The van der Waals surface area contributed by atoms with Gasteiger partial charge in [0.1, 0.15) is 22.9 Å². The Morgan fingerprint density at radius 2 is 1.84 bits per heavy atom. The van der Waals surface area contributed by atoms with Crippen molar-refractivity contribution in [1.29, 1.82) is 0 Å². The van der Waals surface area contributed by atoms with Crippen LogP contribution in [0.25, 0.3) is 11.4 Å². The fourth-order valence-electron chi connectivity index (χ4n) is 3.06. The van der Waals surface area contributed by atoms with Gasteiger partial charge in [-0.3, -0.25) is 0 Å². The van der Waals surface area contributed by atoms with Crippen LogP contribution in [0.4, 0.5) is 5.82 Å². The molecule has 7 nitrogen and oxygen atoms in total. The molecule has 0 bridgehead atoms. The van der Waals surface area contributed by atoms with Gasteiger partial charge in [-0.25, -0.2) is 14.8 Å². The van der Waals surface area contributed by atoms with Gasteiger partial charge >= 0.3 is 5.97 Å². The highest BCUT2D eigenvalue weighted by Crippen LogP contribution is 2.27. The second-order valence-electron chi connectivity index (χ2n) is 6.58. The van der Waals surface area contributed by atoms with Crippen LogP contribution >= 0.6 is 15.9 Å². The van der Waals surface area contributed by atoms with Crippen LogP contribution in [0.2, 0.25) is 0 Å². The van der Waals surface area contributed by atoms with Crippen molar-refractivity contribution in [3.63, 3.8) is 0 Å². The first kappa shape index (κ1) is 22.6. The Kier molecular flexibility index (Phi) is 7.83. The summed E-state index contributed by atoms with van der Waals surface area (Å²) in [7, 11) is 0. The first-order valence-corrected chi connectivity index (χ1v) is 10.8. The van der Waals surface area contributed by atoms with Gasteiger partial charge in [0.15, 0.2) is 5.82 Å². The van der Waals surface area contributed by atoms with Crippen molar-refractivity contribution in [2.45, 2.75) is 20.3 Å². The first-order chi connectivity index (χ1) is 15.0. The molecule has 0 unspecified atom stereocenters. The Labute approximate surface area is 189 Å². The van der Waals surface area contributed by atoms with Crippen LogP contribution in [0.15, 0.2) is 53.1 Å². The number of benzene rings is 2. The normalized spacial score (nSPS) is 10.5. The molecule has 0 atom stereocenters. The summed E-state index contributed by atoms with van der Waals surface area (Å²) >= 11 is 3.47. The lowest BCUT2D eigenvalue weighted by molar-refractivity contribution is 0.0692. The summed E-state index contributed by atoms with van der Waals surface area (Å²) in [5.41, 5.74) is 1.90. The number of nitrogens with one attached hydrogen (secondary N) is 1. The smallest absolute Gasteiger partial charge is 0.339 e. The average Bonchev–Trinajstić information content (AvgIpc) is 2.76. The number of anilines is 1. The maximum atomic E-state index is 11.4. The summed E-state index contributed by atoms with van der Waals surface area (Å²) in [6.45, 7) is 5.41. The third-order valence-electron chi connectivity index (χ3n) is 4.46. The molecule has 3 rings (SSSR count). The van der Waals surface area contributed by atoms with Crippen molar-refractivity contribution in [3.05, 3.63) is 64.3 Å². The summed E-state index contributed by atoms with van der Waals surface area (Å²) < 4.78 is 12.2. The molecule has 0 aliphatic heterocycles. The van der Waals surface area contributed by atoms with E-state index in [1.54, 1.807) is 24.4 Å². The molecule has 3 aromatic rings. The third kappa shape index (κ3) is 5.95. The summed E-state index contributed by atoms with van der Waals surface area (Å²) in [5.74, 6) is 1.30. The van der Waals surface area contributed by atoms with Gasteiger partial charge in [0, 0.05) is 22.8 Å². The molecule has 0 aliphatic rings. The summed E-state index contributed by atoms with van der Waals surface area (Å²) in [4.78, 5) is 20.3. The molecule has 0 radical (unpaired) electrons.